The van der Waals surface area contributed by atoms with Crippen LogP contribution in [0.5, 0.6) is 0 Å². The van der Waals surface area contributed by atoms with Crippen LogP contribution in [0.15, 0.2) is 42.5 Å². The van der Waals surface area contributed by atoms with E-state index in [2.05, 4.69) is 20.6 Å². The third kappa shape index (κ3) is 4.75. The average Bonchev–Trinajstić information content (AvgIpc) is 3.26. The Labute approximate surface area is 220 Å². The highest BCUT2D eigenvalue weighted by Gasteiger charge is 2.45. The predicted molar refractivity (Wildman–Crippen MR) is 144 cm³/mol. The van der Waals surface area contributed by atoms with Crippen molar-refractivity contribution < 1.29 is 14.0 Å². The number of fused-ring (bicyclic) bond motifs is 1. The first-order valence-corrected chi connectivity index (χ1v) is 12.8. The Bertz CT molecular complexity index is 1340. The van der Waals surface area contributed by atoms with Gasteiger partial charge in [-0.05, 0) is 56.4 Å². The molecule has 2 fully saturated rings. The van der Waals surface area contributed by atoms with E-state index in [1.807, 2.05) is 42.8 Å². The van der Waals surface area contributed by atoms with E-state index >= 15 is 0 Å². The molecule has 2 unspecified atom stereocenters. The van der Waals surface area contributed by atoms with Crippen molar-refractivity contribution in [3.05, 3.63) is 58.9 Å². The fourth-order valence-electron chi connectivity index (χ4n) is 5.04. The molecule has 3 aromatic rings. The van der Waals surface area contributed by atoms with Crippen LogP contribution in [0.2, 0.25) is 5.02 Å². The van der Waals surface area contributed by atoms with Crippen LogP contribution in [0.25, 0.3) is 11.3 Å². The van der Waals surface area contributed by atoms with Crippen LogP contribution in [0.4, 0.5) is 26.4 Å². The van der Waals surface area contributed by atoms with Gasteiger partial charge in [-0.15, -0.1) is 0 Å². The molecule has 2 atom stereocenters. The smallest absolute Gasteiger partial charge is 0.320 e. The van der Waals surface area contributed by atoms with Crippen LogP contribution < -0.4 is 20.4 Å². The van der Waals surface area contributed by atoms with Crippen molar-refractivity contribution in [2.75, 3.05) is 42.3 Å². The lowest BCUT2D eigenvalue weighted by molar-refractivity contribution is 0.0989. The summed E-state index contributed by atoms with van der Waals surface area (Å²) in [5, 5.41) is 9.93. The molecule has 3 amide bonds. The van der Waals surface area contributed by atoms with Crippen molar-refractivity contribution in [3.8, 4) is 11.3 Å². The number of rotatable bonds is 6. The predicted octanol–water partition coefficient (Wildman–Crippen LogP) is 5.41. The molecule has 1 aliphatic heterocycles. The zero-order valence-electron chi connectivity index (χ0n) is 21.3. The van der Waals surface area contributed by atoms with Crippen LogP contribution in [0, 0.1) is 17.7 Å². The molecule has 1 saturated heterocycles. The number of anilines is 3. The van der Waals surface area contributed by atoms with Gasteiger partial charge in [0.1, 0.15) is 5.82 Å². The third-order valence-corrected chi connectivity index (χ3v) is 7.44. The van der Waals surface area contributed by atoms with Crippen LogP contribution in [0.3, 0.4) is 0 Å². The van der Waals surface area contributed by atoms with Crippen molar-refractivity contribution >= 4 is 40.7 Å². The summed E-state index contributed by atoms with van der Waals surface area (Å²) in [5.74, 6) is 0.622. The summed E-state index contributed by atoms with van der Waals surface area (Å²) in [5.41, 5.74) is 3.16. The number of hydrogen-bond acceptors (Lipinski definition) is 4. The maximum atomic E-state index is 14.6. The first kappa shape index (κ1) is 25.1. The molecule has 1 saturated carbocycles. The molecule has 2 aromatic carbocycles. The zero-order chi connectivity index (χ0) is 26.4. The van der Waals surface area contributed by atoms with Gasteiger partial charge >= 0.3 is 6.03 Å². The van der Waals surface area contributed by atoms with E-state index in [0.29, 0.717) is 23.3 Å². The maximum absolute atomic E-state index is 14.6. The molecule has 0 radical (unpaired) electrons. The molecule has 10 heteroatoms. The highest BCUT2D eigenvalue weighted by Crippen LogP contribution is 2.48. The van der Waals surface area contributed by atoms with Gasteiger partial charge in [0.05, 0.1) is 27.7 Å². The molecule has 194 valence electrons. The Hall–Kier alpha value is -3.59. The molecule has 2 N–H and O–H groups in total. The Kier molecular flexibility index (Phi) is 6.58. The van der Waals surface area contributed by atoms with Crippen molar-refractivity contribution in [2.24, 2.45) is 11.8 Å². The Morgan fingerprint density at radius 2 is 1.89 bits per heavy atom. The normalized spacial score (nSPS) is 18.1. The molecule has 2 aliphatic rings. The van der Waals surface area contributed by atoms with E-state index in [0.717, 1.165) is 30.0 Å². The summed E-state index contributed by atoms with van der Waals surface area (Å²) in [6.07, 6.45) is 1.24. The van der Waals surface area contributed by atoms with Crippen molar-refractivity contribution in [2.45, 2.75) is 26.3 Å². The summed E-state index contributed by atoms with van der Waals surface area (Å²) in [6, 6.07) is 11.6. The Morgan fingerprint density at radius 3 is 2.54 bits per heavy atom. The van der Waals surface area contributed by atoms with Gasteiger partial charge in [0.15, 0.2) is 5.82 Å². The quantitative estimate of drug-likeness (QED) is 0.452. The molecule has 37 heavy (non-hydrogen) atoms. The largest absolute Gasteiger partial charge is 0.369 e. The fourth-order valence-corrected chi connectivity index (χ4v) is 5.28. The van der Waals surface area contributed by atoms with Gasteiger partial charge in [-0.25, -0.2) is 9.18 Å². The van der Waals surface area contributed by atoms with Gasteiger partial charge in [0, 0.05) is 44.9 Å². The first-order valence-electron chi connectivity index (χ1n) is 12.4. The van der Waals surface area contributed by atoms with E-state index in [1.165, 1.54) is 29.5 Å². The average molecular weight is 525 g/mol. The van der Waals surface area contributed by atoms with Gasteiger partial charge in [-0.3, -0.25) is 14.8 Å². The number of aromatic nitrogens is 2. The van der Waals surface area contributed by atoms with Crippen molar-refractivity contribution in [1.29, 1.82) is 0 Å². The molecular weight excluding hydrogens is 495 g/mol. The highest BCUT2D eigenvalue weighted by molar-refractivity contribution is 6.34. The van der Waals surface area contributed by atoms with Gasteiger partial charge < -0.3 is 15.1 Å². The minimum atomic E-state index is -0.651. The van der Waals surface area contributed by atoms with Crippen LogP contribution in [-0.2, 0) is 0 Å². The number of benzene rings is 2. The lowest BCUT2D eigenvalue weighted by atomic mass is 10.1. The maximum Gasteiger partial charge on any atom is 0.320 e. The van der Waals surface area contributed by atoms with E-state index in [4.69, 9.17) is 11.6 Å². The molecule has 1 aromatic heterocycles. The molecule has 1 aliphatic carbocycles. The molecular formula is C27H30ClFN6O2. The summed E-state index contributed by atoms with van der Waals surface area (Å²) < 4.78 is 16.4. The first-order chi connectivity index (χ1) is 17.7. The lowest BCUT2D eigenvalue weighted by Gasteiger charge is -2.29. The van der Waals surface area contributed by atoms with Gasteiger partial charge in [0.2, 0.25) is 0 Å². The van der Waals surface area contributed by atoms with Gasteiger partial charge in [-0.2, -0.15) is 5.10 Å². The lowest BCUT2D eigenvalue weighted by Crippen LogP contribution is -2.31. The van der Waals surface area contributed by atoms with Crippen molar-refractivity contribution in [3.63, 3.8) is 0 Å². The number of urea groups is 1. The van der Waals surface area contributed by atoms with Crippen molar-refractivity contribution in [1.82, 2.24) is 15.1 Å². The van der Waals surface area contributed by atoms with Crippen LogP contribution >= 0.6 is 11.6 Å². The van der Waals surface area contributed by atoms with Gasteiger partial charge in [-0.1, -0.05) is 23.7 Å². The standard InChI is InChI=1S/C27H30ClFN6O2/c1-15(2)35-22(12-24(32-35)31-27(37)30-3)16-8-9-21(23(11-16)34-13-17-10-18(17)14-34)33(4)26(36)25-19(28)6-5-7-20(25)29/h5-9,11-12,15,17-18H,10,13-14H2,1-4H3,(H2,30,31,32,37). The second-order valence-corrected chi connectivity index (χ2v) is 10.4. The number of amides is 3. The summed E-state index contributed by atoms with van der Waals surface area (Å²) >= 11 is 6.21. The number of carbonyl (C=O) groups excluding carboxylic acids is 2. The SMILES string of the molecule is CNC(=O)Nc1cc(-c2ccc(N(C)C(=O)c3c(F)cccc3Cl)c(N3CC4CC4C3)c2)n(C(C)C)n1. The number of hydrogen-bond donors (Lipinski definition) is 2. The number of piperidine rings is 1. The number of nitrogens with zero attached hydrogens (tertiary/aromatic N) is 4. The molecule has 8 nitrogen and oxygen atoms in total. The fraction of sp³-hybridized carbons (Fsp3) is 0.370. The third-order valence-electron chi connectivity index (χ3n) is 7.13. The summed E-state index contributed by atoms with van der Waals surface area (Å²) in [4.78, 5) is 29.0. The van der Waals surface area contributed by atoms with Crippen LogP contribution in [-0.4, -0.2) is 48.9 Å². The number of halogens is 2. The minimum Gasteiger partial charge on any atom is -0.369 e. The summed E-state index contributed by atoms with van der Waals surface area (Å²) in [6.45, 7) is 5.87. The van der Waals surface area contributed by atoms with E-state index < -0.39 is 11.7 Å². The molecule has 2 heterocycles. The highest BCUT2D eigenvalue weighted by atomic mass is 35.5. The Balaban J connectivity index is 1.56. The topological polar surface area (TPSA) is 82.5 Å². The van der Waals surface area contributed by atoms with E-state index in [9.17, 15) is 14.0 Å². The monoisotopic (exact) mass is 524 g/mol. The number of carbonyl (C=O) groups is 2. The van der Waals surface area contributed by atoms with E-state index in [1.54, 1.807) is 14.1 Å². The molecule has 0 spiro atoms. The second-order valence-electron chi connectivity index (χ2n) is 9.98. The Morgan fingerprint density at radius 1 is 1.16 bits per heavy atom. The van der Waals surface area contributed by atoms with Crippen LogP contribution in [0.1, 0.15) is 36.7 Å². The minimum absolute atomic E-state index is 0.0465. The number of nitrogens with one attached hydrogen (secondary N) is 2. The van der Waals surface area contributed by atoms with Gasteiger partial charge in [0.25, 0.3) is 5.91 Å². The summed E-state index contributed by atoms with van der Waals surface area (Å²) in [7, 11) is 3.19. The molecule has 0 bridgehead atoms. The van der Waals surface area contributed by atoms with E-state index in [-0.39, 0.29) is 22.7 Å². The second kappa shape index (κ2) is 9.70. The zero-order valence-corrected chi connectivity index (χ0v) is 22.0. The molecule has 5 rings (SSSR count).